The predicted octanol–water partition coefficient (Wildman–Crippen LogP) is 4.13. The van der Waals surface area contributed by atoms with Crippen molar-refractivity contribution in [2.75, 3.05) is 6.61 Å². The Kier molecular flexibility index (Phi) is 6.60. The molecule has 0 saturated heterocycles. The van der Waals surface area contributed by atoms with Gasteiger partial charge in [0.25, 0.3) is 0 Å². The molecule has 3 heteroatoms. The van der Waals surface area contributed by atoms with Gasteiger partial charge in [0.15, 0.2) is 0 Å². The Labute approximate surface area is 113 Å². The molecule has 0 saturated carbocycles. The van der Waals surface area contributed by atoms with E-state index in [1.54, 1.807) is 0 Å². The van der Waals surface area contributed by atoms with Crippen molar-refractivity contribution in [2.45, 2.75) is 46.2 Å². The molecule has 0 bridgehead atoms. The summed E-state index contributed by atoms with van der Waals surface area (Å²) >= 11 is 3.57. The molecular weight excluding hydrogens is 278 g/mol. The summed E-state index contributed by atoms with van der Waals surface area (Å²) in [5.41, 5.74) is 1.24. The first-order chi connectivity index (χ1) is 8.13. The van der Waals surface area contributed by atoms with Crippen LogP contribution in [0.15, 0.2) is 22.7 Å². The van der Waals surface area contributed by atoms with Crippen molar-refractivity contribution in [1.29, 1.82) is 0 Å². The average molecular weight is 300 g/mol. The van der Waals surface area contributed by atoms with Crippen molar-refractivity contribution in [3.05, 3.63) is 28.2 Å². The third-order valence-corrected chi connectivity index (χ3v) is 3.26. The molecule has 0 amide bonds. The summed E-state index contributed by atoms with van der Waals surface area (Å²) in [5.74, 6) is 0.960. The summed E-state index contributed by atoms with van der Waals surface area (Å²) in [6.07, 6.45) is 2.27. The molecule has 1 aromatic carbocycles. The lowest BCUT2D eigenvalue weighted by molar-refractivity contribution is 0.309. The summed E-state index contributed by atoms with van der Waals surface area (Å²) in [5, 5.41) is 3.41. The second kappa shape index (κ2) is 7.72. The fourth-order valence-corrected chi connectivity index (χ4v) is 1.81. The van der Waals surface area contributed by atoms with Gasteiger partial charge in [-0.2, -0.15) is 0 Å². The van der Waals surface area contributed by atoms with Crippen LogP contribution in [-0.4, -0.2) is 12.6 Å². The highest BCUT2D eigenvalue weighted by atomic mass is 79.9. The zero-order chi connectivity index (χ0) is 12.7. The first-order valence-corrected chi connectivity index (χ1v) is 7.07. The van der Waals surface area contributed by atoms with E-state index in [0.717, 1.165) is 36.2 Å². The molecule has 0 heterocycles. The van der Waals surface area contributed by atoms with Crippen LogP contribution in [0, 0.1) is 0 Å². The van der Waals surface area contributed by atoms with Gasteiger partial charge in [0, 0.05) is 17.1 Å². The highest BCUT2D eigenvalue weighted by molar-refractivity contribution is 9.10. The van der Waals surface area contributed by atoms with Crippen molar-refractivity contribution in [3.63, 3.8) is 0 Å². The Hall–Kier alpha value is -0.540. The first-order valence-electron chi connectivity index (χ1n) is 6.28. The van der Waals surface area contributed by atoms with E-state index >= 15 is 0 Å². The van der Waals surface area contributed by atoms with Crippen LogP contribution < -0.4 is 10.1 Å². The Bertz CT molecular complexity index is 339. The van der Waals surface area contributed by atoms with Gasteiger partial charge in [-0.3, -0.25) is 0 Å². The number of benzene rings is 1. The monoisotopic (exact) mass is 299 g/mol. The van der Waals surface area contributed by atoms with Gasteiger partial charge in [-0.1, -0.05) is 43.1 Å². The lowest BCUT2D eigenvalue weighted by Crippen LogP contribution is -2.22. The minimum absolute atomic E-state index is 0.492. The van der Waals surface area contributed by atoms with E-state index in [0.29, 0.717) is 6.04 Å². The second-order valence-electron chi connectivity index (χ2n) is 4.49. The molecular formula is C14H22BrNO. The van der Waals surface area contributed by atoms with Gasteiger partial charge >= 0.3 is 0 Å². The summed E-state index contributed by atoms with van der Waals surface area (Å²) in [6.45, 7) is 8.13. The molecule has 0 unspecified atom stereocenters. The van der Waals surface area contributed by atoms with Crippen LogP contribution in [0.4, 0.5) is 0 Å². The fraction of sp³-hybridized carbons (Fsp3) is 0.571. The molecule has 17 heavy (non-hydrogen) atoms. The molecule has 0 fully saturated rings. The smallest absolute Gasteiger partial charge is 0.119 e. The maximum Gasteiger partial charge on any atom is 0.119 e. The van der Waals surface area contributed by atoms with Crippen molar-refractivity contribution >= 4 is 15.9 Å². The Morgan fingerprint density at radius 2 is 2.12 bits per heavy atom. The topological polar surface area (TPSA) is 21.3 Å². The summed E-state index contributed by atoms with van der Waals surface area (Å²) < 4.78 is 6.83. The largest absolute Gasteiger partial charge is 0.494 e. The van der Waals surface area contributed by atoms with Crippen LogP contribution in [0.1, 0.15) is 39.2 Å². The number of nitrogens with one attached hydrogen (secondary N) is 1. The van der Waals surface area contributed by atoms with Crippen LogP contribution in [0.5, 0.6) is 5.75 Å². The molecule has 0 aliphatic carbocycles. The molecule has 0 aliphatic rings. The van der Waals surface area contributed by atoms with Gasteiger partial charge in [0.2, 0.25) is 0 Å². The fourth-order valence-electron chi connectivity index (χ4n) is 1.42. The first kappa shape index (κ1) is 14.5. The van der Waals surface area contributed by atoms with Gasteiger partial charge in [-0.25, -0.2) is 0 Å². The minimum Gasteiger partial charge on any atom is -0.494 e. The Morgan fingerprint density at radius 3 is 2.76 bits per heavy atom. The standard InChI is InChI=1S/C14H22BrNO/c1-4-5-8-17-13-6-7-14(15)12(9-13)10-16-11(2)3/h6-7,9,11,16H,4-5,8,10H2,1-3H3. The number of hydrogen-bond acceptors (Lipinski definition) is 2. The van der Waals surface area contributed by atoms with Crippen LogP contribution in [-0.2, 0) is 6.54 Å². The zero-order valence-electron chi connectivity index (χ0n) is 10.9. The van der Waals surface area contributed by atoms with Gasteiger partial charge in [0.1, 0.15) is 5.75 Å². The Balaban J connectivity index is 2.59. The highest BCUT2D eigenvalue weighted by Gasteiger charge is 2.03. The van der Waals surface area contributed by atoms with Crippen molar-refractivity contribution in [1.82, 2.24) is 5.32 Å². The van der Waals surface area contributed by atoms with E-state index in [2.05, 4.69) is 54.2 Å². The van der Waals surface area contributed by atoms with Gasteiger partial charge in [-0.05, 0) is 30.2 Å². The summed E-state index contributed by atoms with van der Waals surface area (Å²) in [7, 11) is 0. The van der Waals surface area contributed by atoms with Gasteiger partial charge < -0.3 is 10.1 Å². The van der Waals surface area contributed by atoms with Crippen LogP contribution in [0.3, 0.4) is 0 Å². The molecule has 0 aromatic heterocycles. The van der Waals surface area contributed by atoms with Crippen molar-refractivity contribution < 1.29 is 4.74 Å². The molecule has 0 spiro atoms. The molecule has 2 nitrogen and oxygen atoms in total. The maximum atomic E-state index is 5.70. The molecule has 96 valence electrons. The molecule has 0 atom stereocenters. The number of unbranched alkanes of at least 4 members (excludes halogenated alkanes) is 1. The maximum absolute atomic E-state index is 5.70. The Morgan fingerprint density at radius 1 is 1.35 bits per heavy atom. The van der Waals surface area contributed by atoms with Crippen LogP contribution in [0.2, 0.25) is 0 Å². The molecule has 1 aromatic rings. The van der Waals surface area contributed by atoms with Crippen molar-refractivity contribution in [2.24, 2.45) is 0 Å². The number of halogens is 1. The van der Waals surface area contributed by atoms with Crippen LogP contribution in [0.25, 0.3) is 0 Å². The molecule has 0 radical (unpaired) electrons. The van der Waals surface area contributed by atoms with E-state index in [-0.39, 0.29) is 0 Å². The van der Waals surface area contributed by atoms with Crippen molar-refractivity contribution in [3.8, 4) is 5.75 Å². The highest BCUT2D eigenvalue weighted by Crippen LogP contribution is 2.22. The van der Waals surface area contributed by atoms with E-state index in [1.807, 2.05) is 6.07 Å². The van der Waals surface area contributed by atoms with E-state index < -0.39 is 0 Å². The third kappa shape index (κ3) is 5.55. The second-order valence-corrected chi connectivity index (χ2v) is 5.35. The van der Waals surface area contributed by atoms with Gasteiger partial charge in [-0.15, -0.1) is 0 Å². The van der Waals surface area contributed by atoms with Crippen LogP contribution >= 0.6 is 15.9 Å². The molecule has 1 N–H and O–H groups in total. The summed E-state index contributed by atoms with van der Waals surface area (Å²) in [4.78, 5) is 0. The SMILES string of the molecule is CCCCOc1ccc(Br)c(CNC(C)C)c1. The van der Waals surface area contributed by atoms with E-state index in [4.69, 9.17) is 4.74 Å². The quantitative estimate of drug-likeness (QED) is 0.765. The number of hydrogen-bond donors (Lipinski definition) is 1. The summed E-state index contributed by atoms with van der Waals surface area (Å²) in [6, 6.07) is 6.67. The lowest BCUT2D eigenvalue weighted by atomic mass is 10.2. The molecule has 0 aliphatic heterocycles. The minimum atomic E-state index is 0.492. The predicted molar refractivity (Wildman–Crippen MR) is 76.5 cm³/mol. The average Bonchev–Trinajstić information content (AvgIpc) is 2.29. The zero-order valence-corrected chi connectivity index (χ0v) is 12.5. The van der Waals surface area contributed by atoms with E-state index in [1.165, 1.54) is 5.56 Å². The normalized spacial score (nSPS) is 10.9. The lowest BCUT2D eigenvalue weighted by Gasteiger charge is -2.12. The third-order valence-electron chi connectivity index (χ3n) is 2.48. The number of ether oxygens (including phenoxy) is 1. The van der Waals surface area contributed by atoms with Gasteiger partial charge in [0.05, 0.1) is 6.61 Å². The molecule has 1 rings (SSSR count). The van der Waals surface area contributed by atoms with E-state index in [9.17, 15) is 0 Å². The number of rotatable bonds is 7.